The SMILES string of the molecule is NC1CCCc2c1ccn2-c1ccc(F)cc1. The Hall–Kier alpha value is -1.61. The molecule has 1 unspecified atom stereocenters. The number of nitrogens with zero attached hydrogens (tertiary/aromatic N) is 1. The first-order chi connectivity index (χ1) is 8.25. The zero-order chi connectivity index (χ0) is 11.8. The van der Waals surface area contributed by atoms with Gasteiger partial charge in [0.2, 0.25) is 0 Å². The monoisotopic (exact) mass is 230 g/mol. The van der Waals surface area contributed by atoms with Crippen LogP contribution >= 0.6 is 0 Å². The molecule has 2 aromatic rings. The minimum Gasteiger partial charge on any atom is -0.324 e. The number of aromatic nitrogens is 1. The minimum absolute atomic E-state index is 0.153. The highest BCUT2D eigenvalue weighted by molar-refractivity contribution is 5.40. The van der Waals surface area contributed by atoms with E-state index < -0.39 is 0 Å². The van der Waals surface area contributed by atoms with Crippen molar-refractivity contribution in [2.45, 2.75) is 25.3 Å². The van der Waals surface area contributed by atoms with Gasteiger partial charge in [-0.3, -0.25) is 0 Å². The molecule has 1 aromatic carbocycles. The molecule has 2 nitrogen and oxygen atoms in total. The third kappa shape index (κ3) is 1.76. The van der Waals surface area contributed by atoms with Crippen molar-refractivity contribution in [3.63, 3.8) is 0 Å². The predicted molar refractivity (Wildman–Crippen MR) is 65.6 cm³/mol. The third-order valence-electron chi connectivity index (χ3n) is 3.46. The van der Waals surface area contributed by atoms with Crippen molar-refractivity contribution >= 4 is 0 Å². The molecule has 0 aliphatic heterocycles. The Bertz CT molecular complexity index is 528. The van der Waals surface area contributed by atoms with E-state index in [4.69, 9.17) is 5.73 Å². The van der Waals surface area contributed by atoms with E-state index >= 15 is 0 Å². The maximum atomic E-state index is 12.9. The average Bonchev–Trinajstić information content (AvgIpc) is 2.75. The molecule has 1 aliphatic rings. The normalized spacial score (nSPS) is 19.1. The lowest BCUT2D eigenvalue weighted by Crippen LogP contribution is -2.17. The lowest BCUT2D eigenvalue weighted by Gasteiger charge is -2.21. The third-order valence-corrected chi connectivity index (χ3v) is 3.46. The number of hydrogen-bond acceptors (Lipinski definition) is 1. The molecule has 0 bridgehead atoms. The van der Waals surface area contributed by atoms with Crippen LogP contribution in [0.1, 0.15) is 30.1 Å². The van der Waals surface area contributed by atoms with Crippen molar-refractivity contribution in [2.75, 3.05) is 0 Å². The van der Waals surface area contributed by atoms with Crippen LogP contribution < -0.4 is 5.73 Å². The Labute approximate surface area is 99.9 Å². The molecule has 1 aromatic heterocycles. The molecule has 0 spiro atoms. The second kappa shape index (κ2) is 4.00. The van der Waals surface area contributed by atoms with Crippen LogP contribution in [0.25, 0.3) is 5.69 Å². The summed E-state index contributed by atoms with van der Waals surface area (Å²) < 4.78 is 15.0. The summed E-state index contributed by atoms with van der Waals surface area (Å²) in [7, 11) is 0. The van der Waals surface area contributed by atoms with Crippen LogP contribution in [-0.2, 0) is 6.42 Å². The molecule has 0 radical (unpaired) electrons. The summed E-state index contributed by atoms with van der Waals surface area (Å²) in [6.45, 7) is 0. The number of rotatable bonds is 1. The topological polar surface area (TPSA) is 30.9 Å². The lowest BCUT2D eigenvalue weighted by molar-refractivity contribution is 0.560. The molecule has 1 aliphatic carbocycles. The molecular weight excluding hydrogens is 215 g/mol. The summed E-state index contributed by atoms with van der Waals surface area (Å²) in [5, 5.41) is 0. The molecule has 1 heterocycles. The summed E-state index contributed by atoms with van der Waals surface area (Å²) in [5.41, 5.74) is 9.60. The quantitative estimate of drug-likeness (QED) is 0.802. The van der Waals surface area contributed by atoms with Crippen molar-refractivity contribution in [1.82, 2.24) is 4.57 Å². The predicted octanol–water partition coefficient (Wildman–Crippen LogP) is 2.95. The highest BCUT2D eigenvalue weighted by Crippen LogP contribution is 2.30. The summed E-state index contributed by atoms with van der Waals surface area (Å²) in [6.07, 6.45) is 5.26. The first-order valence-electron chi connectivity index (χ1n) is 5.97. The molecule has 1 atom stereocenters. The molecule has 3 rings (SSSR count). The van der Waals surface area contributed by atoms with E-state index in [0.717, 1.165) is 24.9 Å². The average molecular weight is 230 g/mol. The molecule has 0 saturated carbocycles. The number of hydrogen-bond donors (Lipinski definition) is 1. The summed E-state index contributed by atoms with van der Waals surface area (Å²) >= 11 is 0. The second-order valence-electron chi connectivity index (χ2n) is 4.56. The highest BCUT2D eigenvalue weighted by Gasteiger charge is 2.20. The number of nitrogens with two attached hydrogens (primary N) is 1. The van der Waals surface area contributed by atoms with Crippen molar-refractivity contribution in [2.24, 2.45) is 5.73 Å². The van der Waals surface area contributed by atoms with Crippen molar-refractivity contribution in [3.05, 3.63) is 53.6 Å². The van der Waals surface area contributed by atoms with Crippen LogP contribution in [0.2, 0.25) is 0 Å². The molecule has 88 valence electrons. The van der Waals surface area contributed by atoms with E-state index in [1.54, 1.807) is 12.1 Å². The molecule has 0 amide bonds. The first kappa shape index (κ1) is 10.5. The number of fused-ring (bicyclic) bond motifs is 1. The lowest BCUT2D eigenvalue weighted by atomic mass is 9.93. The van der Waals surface area contributed by atoms with Crippen molar-refractivity contribution < 1.29 is 4.39 Å². The van der Waals surface area contributed by atoms with E-state index in [9.17, 15) is 4.39 Å². The molecule has 17 heavy (non-hydrogen) atoms. The minimum atomic E-state index is -0.202. The van der Waals surface area contributed by atoms with Crippen LogP contribution in [0.5, 0.6) is 0 Å². The fourth-order valence-electron chi connectivity index (χ4n) is 2.57. The standard InChI is InChI=1S/C14H15FN2/c15-10-4-6-11(7-5-10)17-9-8-12-13(16)2-1-3-14(12)17/h4-9,13H,1-3,16H2. The number of benzene rings is 1. The van der Waals surface area contributed by atoms with Crippen LogP contribution in [0.3, 0.4) is 0 Å². The number of halogens is 1. The molecule has 3 heteroatoms. The van der Waals surface area contributed by atoms with E-state index in [0.29, 0.717) is 0 Å². The van der Waals surface area contributed by atoms with Gasteiger partial charge in [0.05, 0.1) is 0 Å². The van der Waals surface area contributed by atoms with Crippen molar-refractivity contribution in [3.8, 4) is 5.69 Å². The van der Waals surface area contributed by atoms with Gasteiger partial charge in [0.25, 0.3) is 0 Å². The van der Waals surface area contributed by atoms with Gasteiger partial charge in [0.1, 0.15) is 5.82 Å². The fourth-order valence-corrected chi connectivity index (χ4v) is 2.57. The van der Waals surface area contributed by atoms with E-state index in [-0.39, 0.29) is 11.9 Å². The maximum absolute atomic E-state index is 12.9. The summed E-state index contributed by atoms with van der Waals surface area (Å²) in [6, 6.07) is 8.82. The van der Waals surface area contributed by atoms with Gasteiger partial charge in [-0.1, -0.05) is 0 Å². The molecule has 0 saturated heterocycles. The maximum Gasteiger partial charge on any atom is 0.123 e. The summed E-state index contributed by atoms with van der Waals surface area (Å²) in [4.78, 5) is 0. The van der Waals surface area contributed by atoms with Gasteiger partial charge in [-0.05, 0) is 55.2 Å². The van der Waals surface area contributed by atoms with Gasteiger partial charge in [0.15, 0.2) is 0 Å². The van der Waals surface area contributed by atoms with Gasteiger partial charge in [-0.15, -0.1) is 0 Å². The molecule has 0 fully saturated rings. The smallest absolute Gasteiger partial charge is 0.123 e. The van der Waals surface area contributed by atoms with Gasteiger partial charge >= 0.3 is 0 Å². The van der Waals surface area contributed by atoms with Gasteiger partial charge < -0.3 is 10.3 Å². The molecule has 2 N–H and O–H groups in total. The van der Waals surface area contributed by atoms with E-state index in [1.165, 1.54) is 23.4 Å². The largest absolute Gasteiger partial charge is 0.324 e. The molecular formula is C14H15FN2. The van der Waals surface area contributed by atoms with Gasteiger partial charge in [-0.25, -0.2) is 4.39 Å². The Morgan fingerprint density at radius 2 is 1.94 bits per heavy atom. The van der Waals surface area contributed by atoms with Crippen LogP contribution in [0.4, 0.5) is 4.39 Å². The Morgan fingerprint density at radius 1 is 1.18 bits per heavy atom. The van der Waals surface area contributed by atoms with Gasteiger partial charge in [0, 0.05) is 23.6 Å². The Kier molecular flexibility index (Phi) is 2.48. The Balaban J connectivity index is 2.07. The summed E-state index contributed by atoms with van der Waals surface area (Å²) in [5.74, 6) is -0.202. The fraction of sp³-hybridized carbons (Fsp3) is 0.286. The van der Waals surface area contributed by atoms with Crippen molar-refractivity contribution in [1.29, 1.82) is 0 Å². The van der Waals surface area contributed by atoms with E-state index in [1.807, 2.05) is 6.20 Å². The Morgan fingerprint density at radius 3 is 2.71 bits per heavy atom. The van der Waals surface area contributed by atoms with E-state index in [2.05, 4.69) is 10.6 Å². The highest BCUT2D eigenvalue weighted by atomic mass is 19.1. The first-order valence-corrected chi connectivity index (χ1v) is 5.97. The van der Waals surface area contributed by atoms with Gasteiger partial charge in [-0.2, -0.15) is 0 Å². The zero-order valence-electron chi connectivity index (χ0n) is 9.57. The van der Waals surface area contributed by atoms with Crippen LogP contribution in [0.15, 0.2) is 36.5 Å². The second-order valence-corrected chi connectivity index (χ2v) is 4.56. The zero-order valence-corrected chi connectivity index (χ0v) is 9.57. The van der Waals surface area contributed by atoms with Crippen LogP contribution in [0, 0.1) is 5.82 Å². The van der Waals surface area contributed by atoms with Crippen LogP contribution in [-0.4, -0.2) is 4.57 Å².